The minimum atomic E-state index is -0.805. The molecule has 2 atom stereocenters. The van der Waals surface area contributed by atoms with E-state index in [1.54, 1.807) is 13.8 Å². The van der Waals surface area contributed by atoms with E-state index in [9.17, 15) is 19.2 Å². The second kappa shape index (κ2) is 14.1. The first-order valence-electron chi connectivity index (χ1n) is 12.4. The van der Waals surface area contributed by atoms with Gasteiger partial charge in [-0.1, -0.05) is 38.5 Å². The Balaban J connectivity index is 1.87. The second-order valence-electron chi connectivity index (χ2n) is 8.84. The van der Waals surface area contributed by atoms with Crippen LogP contribution in [0.15, 0.2) is 0 Å². The SMILES string of the molecule is CCOC(=O)[C@H](C(=O)NCCNC(=O)[C@@H](C(=O)OCC)C1CCCCC1)C1CCCCC1. The Hall–Kier alpha value is -2.12. The second-order valence-corrected chi connectivity index (χ2v) is 8.84. The highest BCUT2D eigenvalue weighted by atomic mass is 16.5. The predicted octanol–water partition coefficient (Wildman–Crippen LogP) is 2.74. The topological polar surface area (TPSA) is 111 Å². The lowest BCUT2D eigenvalue weighted by Gasteiger charge is -2.28. The molecule has 0 radical (unpaired) electrons. The first-order valence-corrected chi connectivity index (χ1v) is 12.4. The Kier molecular flexibility index (Phi) is 11.5. The number of hydrogen-bond donors (Lipinski definition) is 2. The van der Waals surface area contributed by atoms with Gasteiger partial charge in [-0.2, -0.15) is 0 Å². The van der Waals surface area contributed by atoms with Crippen molar-refractivity contribution in [2.75, 3.05) is 26.3 Å². The molecule has 2 fully saturated rings. The van der Waals surface area contributed by atoms with Crippen molar-refractivity contribution in [3.05, 3.63) is 0 Å². The third-order valence-electron chi connectivity index (χ3n) is 6.61. The lowest BCUT2D eigenvalue weighted by Crippen LogP contribution is -2.46. The van der Waals surface area contributed by atoms with Crippen LogP contribution in [0.2, 0.25) is 0 Å². The van der Waals surface area contributed by atoms with Crippen LogP contribution >= 0.6 is 0 Å². The summed E-state index contributed by atoms with van der Waals surface area (Å²) < 4.78 is 10.3. The third kappa shape index (κ3) is 7.78. The summed E-state index contributed by atoms with van der Waals surface area (Å²) in [6, 6.07) is 0. The van der Waals surface area contributed by atoms with E-state index in [2.05, 4.69) is 10.6 Å². The molecule has 0 heterocycles. The molecule has 0 unspecified atom stereocenters. The van der Waals surface area contributed by atoms with Gasteiger partial charge in [-0.05, 0) is 51.4 Å². The molecule has 2 amide bonds. The fourth-order valence-electron chi connectivity index (χ4n) is 5.02. The van der Waals surface area contributed by atoms with Gasteiger partial charge < -0.3 is 20.1 Å². The highest BCUT2D eigenvalue weighted by molar-refractivity contribution is 5.99. The molecule has 32 heavy (non-hydrogen) atoms. The van der Waals surface area contributed by atoms with E-state index in [4.69, 9.17) is 9.47 Å². The van der Waals surface area contributed by atoms with Crippen LogP contribution in [-0.4, -0.2) is 50.1 Å². The molecule has 0 aliphatic heterocycles. The van der Waals surface area contributed by atoms with Crippen LogP contribution in [0.3, 0.4) is 0 Å². The van der Waals surface area contributed by atoms with E-state index in [-0.39, 0.29) is 50.0 Å². The number of ether oxygens (including phenoxy) is 2. The van der Waals surface area contributed by atoms with Crippen molar-refractivity contribution < 1.29 is 28.7 Å². The van der Waals surface area contributed by atoms with Crippen molar-refractivity contribution in [3.8, 4) is 0 Å². The van der Waals surface area contributed by atoms with E-state index < -0.39 is 23.8 Å². The average Bonchev–Trinajstić information content (AvgIpc) is 2.79. The Morgan fingerprint density at radius 2 is 1.00 bits per heavy atom. The highest BCUT2D eigenvalue weighted by Crippen LogP contribution is 2.32. The smallest absolute Gasteiger partial charge is 0.318 e. The number of esters is 2. The zero-order chi connectivity index (χ0) is 23.3. The van der Waals surface area contributed by atoms with Crippen LogP contribution in [0.5, 0.6) is 0 Å². The van der Waals surface area contributed by atoms with Crippen molar-refractivity contribution in [1.29, 1.82) is 0 Å². The molecule has 0 bridgehead atoms. The van der Waals surface area contributed by atoms with Gasteiger partial charge in [-0.3, -0.25) is 19.2 Å². The molecule has 2 aliphatic carbocycles. The summed E-state index contributed by atoms with van der Waals surface area (Å²) in [5.41, 5.74) is 0. The van der Waals surface area contributed by atoms with E-state index >= 15 is 0 Å². The van der Waals surface area contributed by atoms with Gasteiger partial charge in [-0.25, -0.2) is 0 Å². The molecule has 0 aromatic heterocycles. The fourth-order valence-corrected chi connectivity index (χ4v) is 5.02. The van der Waals surface area contributed by atoms with Gasteiger partial charge in [0.1, 0.15) is 11.8 Å². The van der Waals surface area contributed by atoms with Crippen LogP contribution in [-0.2, 0) is 28.7 Å². The molecule has 2 saturated carbocycles. The minimum Gasteiger partial charge on any atom is -0.465 e. The molecule has 0 aromatic rings. The van der Waals surface area contributed by atoms with E-state index in [1.165, 1.54) is 0 Å². The van der Waals surface area contributed by atoms with Crippen molar-refractivity contribution in [3.63, 3.8) is 0 Å². The van der Waals surface area contributed by atoms with Crippen molar-refractivity contribution in [2.45, 2.75) is 78.1 Å². The van der Waals surface area contributed by atoms with Gasteiger partial charge in [0.2, 0.25) is 11.8 Å². The number of carbonyl (C=O) groups excluding carboxylic acids is 4. The molecule has 2 aliphatic rings. The van der Waals surface area contributed by atoms with Crippen molar-refractivity contribution >= 4 is 23.8 Å². The van der Waals surface area contributed by atoms with E-state index in [0.29, 0.717) is 0 Å². The van der Waals surface area contributed by atoms with Crippen LogP contribution < -0.4 is 10.6 Å². The van der Waals surface area contributed by atoms with Gasteiger partial charge in [0.15, 0.2) is 0 Å². The largest absolute Gasteiger partial charge is 0.465 e. The van der Waals surface area contributed by atoms with Crippen molar-refractivity contribution in [2.24, 2.45) is 23.7 Å². The molecular weight excluding hydrogens is 412 g/mol. The molecule has 8 nitrogen and oxygen atoms in total. The summed E-state index contributed by atoms with van der Waals surface area (Å²) >= 11 is 0. The van der Waals surface area contributed by atoms with Crippen LogP contribution in [0, 0.1) is 23.7 Å². The van der Waals surface area contributed by atoms with Gasteiger partial charge in [0, 0.05) is 13.1 Å². The zero-order valence-electron chi connectivity index (χ0n) is 19.7. The Morgan fingerprint density at radius 1 is 0.656 bits per heavy atom. The number of rotatable bonds is 11. The molecule has 0 saturated heterocycles. The Morgan fingerprint density at radius 3 is 1.31 bits per heavy atom. The molecular formula is C24H40N2O6. The molecule has 2 N–H and O–H groups in total. The molecule has 0 aromatic carbocycles. The molecule has 0 spiro atoms. The summed E-state index contributed by atoms with van der Waals surface area (Å²) in [6.07, 6.45) is 9.69. The van der Waals surface area contributed by atoms with Crippen molar-refractivity contribution in [1.82, 2.24) is 10.6 Å². The van der Waals surface area contributed by atoms with Gasteiger partial charge in [-0.15, -0.1) is 0 Å². The maximum atomic E-state index is 12.8. The summed E-state index contributed by atoms with van der Waals surface area (Å²) in [4.78, 5) is 50.4. The van der Waals surface area contributed by atoms with Crippen LogP contribution in [0.1, 0.15) is 78.1 Å². The summed E-state index contributed by atoms with van der Waals surface area (Å²) in [5, 5.41) is 5.55. The number of hydrogen-bond acceptors (Lipinski definition) is 6. The number of carbonyl (C=O) groups is 4. The standard InChI is InChI=1S/C24H40N2O6/c1-3-31-23(29)19(17-11-7-5-8-12-17)21(27)25-15-16-26-22(28)20(24(30)32-4-2)18-13-9-6-10-14-18/h17-20H,3-16H2,1-2H3,(H,25,27)(H,26,28)/t19-,20-/m0/s1. The monoisotopic (exact) mass is 452 g/mol. The van der Waals surface area contributed by atoms with Gasteiger partial charge >= 0.3 is 11.9 Å². The maximum absolute atomic E-state index is 12.8. The first kappa shape index (κ1) is 26.1. The summed E-state index contributed by atoms with van der Waals surface area (Å²) in [5.74, 6) is -3.26. The fraction of sp³-hybridized carbons (Fsp3) is 0.833. The molecule has 8 heteroatoms. The minimum absolute atomic E-state index is 0.00288. The van der Waals surface area contributed by atoms with E-state index in [1.807, 2.05) is 0 Å². The average molecular weight is 453 g/mol. The lowest BCUT2D eigenvalue weighted by molar-refractivity contribution is -0.157. The van der Waals surface area contributed by atoms with Gasteiger partial charge in [0.05, 0.1) is 13.2 Å². The summed E-state index contributed by atoms with van der Waals surface area (Å²) in [7, 11) is 0. The highest BCUT2D eigenvalue weighted by Gasteiger charge is 2.38. The molecule has 182 valence electrons. The maximum Gasteiger partial charge on any atom is 0.318 e. The third-order valence-corrected chi connectivity index (χ3v) is 6.61. The zero-order valence-corrected chi connectivity index (χ0v) is 19.7. The number of amides is 2. The Labute approximate surface area is 191 Å². The quantitative estimate of drug-likeness (QED) is 0.283. The number of nitrogens with one attached hydrogen (secondary N) is 2. The summed E-state index contributed by atoms with van der Waals surface area (Å²) in [6.45, 7) is 4.32. The van der Waals surface area contributed by atoms with Gasteiger partial charge in [0.25, 0.3) is 0 Å². The first-order chi connectivity index (χ1) is 15.5. The predicted molar refractivity (Wildman–Crippen MR) is 119 cm³/mol. The van der Waals surface area contributed by atoms with Crippen LogP contribution in [0.25, 0.3) is 0 Å². The van der Waals surface area contributed by atoms with E-state index in [0.717, 1.165) is 64.2 Å². The lowest BCUT2D eigenvalue weighted by atomic mass is 9.79. The Bertz CT molecular complexity index is 572. The molecule has 2 rings (SSSR count). The normalized spacial score (nSPS) is 19.4. The van der Waals surface area contributed by atoms with Crippen LogP contribution in [0.4, 0.5) is 0 Å².